The SMILES string of the molecule is CCc1ccccc1N1C(=O)CSC1c1cccc(NC(=O)c2cccc(Br)c2)c1. The molecule has 30 heavy (non-hydrogen) atoms. The predicted octanol–water partition coefficient (Wildman–Crippen LogP) is 6.04. The first-order chi connectivity index (χ1) is 14.6. The van der Waals surface area contributed by atoms with Gasteiger partial charge in [-0.3, -0.25) is 14.5 Å². The van der Waals surface area contributed by atoms with Crippen LogP contribution in [0.4, 0.5) is 11.4 Å². The normalized spacial score (nSPS) is 16.0. The summed E-state index contributed by atoms with van der Waals surface area (Å²) in [5.74, 6) is 0.378. The summed E-state index contributed by atoms with van der Waals surface area (Å²) in [7, 11) is 0. The van der Waals surface area contributed by atoms with Crippen molar-refractivity contribution in [3.05, 3.63) is 94.0 Å². The summed E-state index contributed by atoms with van der Waals surface area (Å²) in [5, 5.41) is 2.85. The largest absolute Gasteiger partial charge is 0.322 e. The van der Waals surface area contributed by atoms with Crippen molar-refractivity contribution in [2.75, 3.05) is 16.0 Å². The first-order valence-electron chi connectivity index (χ1n) is 9.75. The lowest BCUT2D eigenvalue weighted by Crippen LogP contribution is -2.28. The molecule has 1 aliphatic rings. The van der Waals surface area contributed by atoms with E-state index in [1.54, 1.807) is 23.9 Å². The zero-order chi connectivity index (χ0) is 21.1. The molecule has 0 spiro atoms. The van der Waals surface area contributed by atoms with Crippen molar-refractivity contribution in [1.82, 2.24) is 0 Å². The fourth-order valence-corrected chi connectivity index (χ4v) is 5.14. The average molecular weight is 481 g/mol. The first-order valence-corrected chi connectivity index (χ1v) is 11.6. The number of nitrogens with zero attached hydrogens (tertiary/aromatic N) is 1. The summed E-state index contributed by atoms with van der Waals surface area (Å²) < 4.78 is 0.856. The number of amides is 2. The van der Waals surface area contributed by atoms with Gasteiger partial charge in [-0.25, -0.2) is 0 Å². The quantitative estimate of drug-likeness (QED) is 0.483. The molecule has 1 saturated heterocycles. The molecular formula is C24H21BrN2O2S. The first kappa shape index (κ1) is 20.7. The highest BCUT2D eigenvalue weighted by molar-refractivity contribution is 9.10. The van der Waals surface area contributed by atoms with Crippen LogP contribution in [-0.4, -0.2) is 17.6 Å². The summed E-state index contributed by atoms with van der Waals surface area (Å²) in [5.41, 5.74) is 4.39. The van der Waals surface area contributed by atoms with Crippen molar-refractivity contribution >= 4 is 50.9 Å². The number of benzene rings is 3. The molecule has 152 valence electrons. The van der Waals surface area contributed by atoms with Gasteiger partial charge in [0.25, 0.3) is 5.91 Å². The molecule has 4 rings (SSSR count). The van der Waals surface area contributed by atoms with Crippen LogP contribution in [0.25, 0.3) is 0 Å². The minimum Gasteiger partial charge on any atom is -0.322 e. The fraction of sp³-hybridized carbons (Fsp3) is 0.167. The molecule has 0 bridgehead atoms. The molecule has 2 amide bonds. The molecule has 0 aromatic heterocycles. The van der Waals surface area contributed by atoms with E-state index in [-0.39, 0.29) is 17.2 Å². The Morgan fingerprint density at radius 1 is 1.10 bits per heavy atom. The summed E-state index contributed by atoms with van der Waals surface area (Å²) >= 11 is 5.01. The van der Waals surface area contributed by atoms with Crippen molar-refractivity contribution in [2.24, 2.45) is 0 Å². The van der Waals surface area contributed by atoms with Gasteiger partial charge in [0, 0.05) is 21.4 Å². The molecule has 1 unspecified atom stereocenters. The zero-order valence-corrected chi connectivity index (χ0v) is 18.9. The van der Waals surface area contributed by atoms with Gasteiger partial charge < -0.3 is 5.32 Å². The van der Waals surface area contributed by atoms with Gasteiger partial charge in [0.1, 0.15) is 5.37 Å². The number of carbonyl (C=O) groups is 2. The molecular weight excluding hydrogens is 460 g/mol. The maximum Gasteiger partial charge on any atom is 0.255 e. The van der Waals surface area contributed by atoms with Crippen molar-refractivity contribution in [3.8, 4) is 0 Å². The summed E-state index contributed by atoms with van der Waals surface area (Å²) in [6.45, 7) is 2.10. The number of halogens is 1. The summed E-state index contributed by atoms with van der Waals surface area (Å²) in [4.78, 5) is 27.2. The predicted molar refractivity (Wildman–Crippen MR) is 127 cm³/mol. The van der Waals surface area contributed by atoms with E-state index in [1.165, 1.54) is 0 Å². The Morgan fingerprint density at radius 3 is 2.70 bits per heavy atom. The maximum absolute atomic E-state index is 12.7. The molecule has 1 N–H and O–H groups in total. The third-order valence-corrected chi connectivity index (χ3v) is 6.72. The molecule has 4 nitrogen and oxygen atoms in total. The molecule has 3 aromatic rings. The minimum atomic E-state index is -0.170. The lowest BCUT2D eigenvalue weighted by Gasteiger charge is -2.26. The minimum absolute atomic E-state index is 0.106. The fourth-order valence-electron chi connectivity index (χ4n) is 3.58. The van der Waals surface area contributed by atoms with Crippen molar-refractivity contribution < 1.29 is 9.59 Å². The van der Waals surface area contributed by atoms with Gasteiger partial charge in [-0.2, -0.15) is 0 Å². The molecule has 1 atom stereocenters. The monoisotopic (exact) mass is 480 g/mol. The number of rotatable bonds is 5. The average Bonchev–Trinajstić information content (AvgIpc) is 3.15. The van der Waals surface area contributed by atoms with Crippen LogP contribution in [0.2, 0.25) is 0 Å². The summed E-state index contributed by atoms with van der Waals surface area (Å²) in [6, 6.07) is 23.1. The van der Waals surface area contributed by atoms with Crippen LogP contribution in [0.5, 0.6) is 0 Å². The Kier molecular flexibility index (Phi) is 6.25. The number of carbonyl (C=O) groups excluding carboxylic acids is 2. The Hall–Kier alpha value is -2.57. The lowest BCUT2D eigenvalue weighted by atomic mass is 10.1. The van der Waals surface area contributed by atoms with Gasteiger partial charge in [0.2, 0.25) is 5.91 Å². The van der Waals surface area contributed by atoms with Crippen molar-refractivity contribution in [1.29, 1.82) is 0 Å². The maximum atomic E-state index is 12.7. The molecule has 1 heterocycles. The molecule has 6 heteroatoms. The van der Waals surface area contributed by atoms with Crippen LogP contribution >= 0.6 is 27.7 Å². The second kappa shape index (κ2) is 9.06. The van der Waals surface area contributed by atoms with Gasteiger partial charge in [0.05, 0.1) is 5.75 Å². The van der Waals surface area contributed by atoms with E-state index in [9.17, 15) is 9.59 Å². The highest BCUT2D eigenvalue weighted by atomic mass is 79.9. The van der Waals surface area contributed by atoms with Crippen LogP contribution in [0.1, 0.15) is 33.8 Å². The van der Waals surface area contributed by atoms with Crippen molar-refractivity contribution in [2.45, 2.75) is 18.7 Å². The zero-order valence-electron chi connectivity index (χ0n) is 16.5. The molecule has 0 aliphatic carbocycles. The molecule has 3 aromatic carbocycles. The van der Waals surface area contributed by atoms with E-state index in [0.29, 0.717) is 17.0 Å². The number of anilines is 2. The van der Waals surface area contributed by atoms with E-state index in [4.69, 9.17) is 0 Å². The highest BCUT2D eigenvalue weighted by Crippen LogP contribution is 2.43. The van der Waals surface area contributed by atoms with Gasteiger partial charge >= 0.3 is 0 Å². The van der Waals surface area contributed by atoms with E-state index in [2.05, 4.69) is 34.2 Å². The standard InChI is InChI=1S/C24H21BrN2O2S/c1-2-16-7-3-4-12-21(16)27-22(28)15-30-24(27)18-9-6-11-20(14-18)26-23(29)17-8-5-10-19(25)13-17/h3-14,24H,2,15H2,1H3,(H,26,29). The molecule has 1 aliphatic heterocycles. The van der Waals surface area contributed by atoms with E-state index in [0.717, 1.165) is 27.7 Å². The van der Waals surface area contributed by atoms with Crippen LogP contribution < -0.4 is 10.2 Å². The van der Waals surface area contributed by atoms with Gasteiger partial charge in [0.15, 0.2) is 0 Å². The number of hydrogen-bond donors (Lipinski definition) is 1. The lowest BCUT2D eigenvalue weighted by molar-refractivity contribution is -0.115. The second-order valence-corrected chi connectivity index (χ2v) is 8.98. The van der Waals surface area contributed by atoms with Gasteiger partial charge in [-0.05, 0) is 53.9 Å². The smallest absolute Gasteiger partial charge is 0.255 e. The van der Waals surface area contributed by atoms with Crippen molar-refractivity contribution in [3.63, 3.8) is 0 Å². The Labute approximate surface area is 188 Å². The summed E-state index contributed by atoms with van der Waals surface area (Å²) in [6.07, 6.45) is 0.861. The van der Waals surface area contributed by atoms with E-state index in [1.807, 2.05) is 59.5 Å². The van der Waals surface area contributed by atoms with Crippen LogP contribution in [0, 0.1) is 0 Å². The molecule has 0 saturated carbocycles. The molecule has 0 radical (unpaired) electrons. The number of hydrogen-bond acceptors (Lipinski definition) is 3. The van der Waals surface area contributed by atoms with E-state index >= 15 is 0 Å². The van der Waals surface area contributed by atoms with Gasteiger partial charge in [-0.15, -0.1) is 11.8 Å². The van der Waals surface area contributed by atoms with E-state index < -0.39 is 0 Å². The third-order valence-electron chi connectivity index (χ3n) is 5.02. The highest BCUT2D eigenvalue weighted by Gasteiger charge is 2.35. The Morgan fingerprint density at radius 2 is 1.90 bits per heavy atom. The number of thioether (sulfide) groups is 1. The second-order valence-electron chi connectivity index (χ2n) is 7.00. The third kappa shape index (κ3) is 4.30. The van der Waals surface area contributed by atoms with Crippen LogP contribution in [0.15, 0.2) is 77.3 Å². The number of para-hydroxylation sites is 1. The van der Waals surface area contributed by atoms with Crippen LogP contribution in [0.3, 0.4) is 0 Å². The van der Waals surface area contributed by atoms with Gasteiger partial charge in [-0.1, -0.05) is 59.3 Å². The number of nitrogens with one attached hydrogen (secondary N) is 1. The molecule has 1 fully saturated rings. The Bertz CT molecular complexity index is 1100. The number of aryl methyl sites for hydroxylation is 1. The Balaban J connectivity index is 1.61. The van der Waals surface area contributed by atoms with Crippen LogP contribution in [-0.2, 0) is 11.2 Å². The topological polar surface area (TPSA) is 49.4 Å².